The highest BCUT2D eigenvalue weighted by atomic mass is 16.3. The summed E-state index contributed by atoms with van der Waals surface area (Å²) >= 11 is 0. The Kier molecular flexibility index (Phi) is 4.75. The lowest BCUT2D eigenvalue weighted by Crippen LogP contribution is -1.86. The van der Waals surface area contributed by atoms with Gasteiger partial charge in [0.05, 0.1) is 16.6 Å². The molecule has 0 amide bonds. The minimum atomic E-state index is 0.917. The first-order chi connectivity index (χ1) is 21.8. The highest BCUT2D eigenvalue weighted by Gasteiger charge is 2.16. The third-order valence-electron chi connectivity index (χ3n) is 9.37. The number of para-hydroxylation sites is 3. The smallest absolute Gasteiger partial charge is 0.136 e. The van der Waals surface area contributed by atoms with Crippen molar-refractivity contribution in [2.45, 2.75) is 0 Å². The Hall–Kier alpha value is -5.86. The Balaban J connectivity index is 1.38. The van der Waals surface area contributed by atoms with Crippen LogP contribution in [-0.2, 0) is 0 Å². The molecule has 0 spiro atoms. The summed E-state index contributed by atoms with van der Waals surface area (Å²) in [4.78, 5) is 0. The van der Waals surface area contributed by atoms with Crippen molar-refractivity contribution in [3.05, 3.63) is 152 Å². The van der Waals surface area contributed by atoms with Crippen LogP contribution in [-0.4, -0.2) is 4.40 Å². The summed E-state index contributed by atoms with van der Waals surface area (Å²) in [6, 6.07) is 55.0. The van der Waals surface area contributed by atoms with Gasteiger partial charge in [0.15, 0.2) is 0 Å². The number of nitrogens with zero attached hydrogens (tertiary/aromatic N) is 1. The van der Waals surface area contributed by atoms with Crippen molar-refractivity contribution in [1.29, 1.82) is 0 Å². The van der Waals surface area contributed by atoms with Crippen molar-refractivity contribution in [2.75, 3.05) is 0 Å². The summed E-state index contributed by atoms with van der Waals surface area (Å²) in [6.07, 6.45) is 0. The molecule has 0 saturated heterocycles. The van der Waals surface area contributed by atoms with E-state index in [1.807, 2.05) is 12.1 Å². The van der Waals surface area contributed by atoms with E-state index in [-0.39, 0.29) is 0 Å². The molecule has 0 fully saturated rings. The van der Waals surface area contributed by atoms with Crippen molar-refractivity contribution < 1.29 is 4.42 Å². The average molecular weight is 560 g/mol. The van der Waals surface area contributed by atoms with Gasteiger partial charge in [-0.1, -0.05) is 115 Å². The molecule has 3 heterocycles. The molecule has 3 aromatic heterocycles. The van der Waals surface area contributed by atoms with Crippen LogP contribution >= 0.6 is 0 Å². The summed E-state index contributed by atoms with van der Waals surface area (Å²) in [7, 11) is 0. The van der Waals surface area contributed by atoms with Crippen LogP contribution in [0.1, 0.15) is 0 Å². The molecular formula is C42H25NO. The number of hydrogen-bond acceptors (Lipinski definition) is 1. The van der Waals surface area contributed by atoms with Gasteiger partial charge in [-0.3, -0.25) is 0 Å². The molecule has 0 N–H and O–H groups in total. The molecule has 0 unspecified atom stereocenters. The van der Waals surface area contributed by atoms with Crippen LogP contribution in [0.25, 0.3) is 92.7 Å². The Morgan fingerprint density at radius 2 is 0.818 bits per heavy atom. The summed E-state index contributed by atoms with van der Waals surface area (Å²) < 4.78 is 8.74. The van der Waals surface area contributed by atoms with Gasteiger partial charge in [0.2, 0.25) is 0 Å². The summed E-state index contributed by atoms with van der Waals surface area (Å²) in [5, 5.41) is 12.3. The molecular weight excluding hydrogens is 534 g/mol. The molecule has 44 heavy (non-hydrogen) atoms. The van der Waals surface area contributed by atoms with Crippen molar-refractivity contribution in [3.8, 4) is 11.1 Å². The summed E-state index contributed by atoms with van der Waals surface area (Å²) in [5.41, 5.74) is 7.79. The van der Waals surface area contributed by atoms with E-state index in [4.69, 9.17) is 4.42 Å². The van der Waals surface area contributed by atoms with Gasteiger partial charge in [0.25, 0.3) is 0 Å². The molecule has 0 aliphatic rings. The molecule has 0 aliphatic carbocycles. The van der Waals surface area contributed by atoms with Crippen LogP contribution in [0, 0.1) is 0 Å². The monoisotopic (exact) mass is 559 g/mol. The van der Waals surface area contributed by atoms with E-state index in [1.165, 1.54) is 65.2 Å². The van der Waals surface area contributed by atoms with Crippen LogP contribution < -0.4 is 0 Å². The van der Waals surface area contributed by atoms with E-state index in [2.05, 4.69) is 144 Å². The zero-order valence-corrected chi connectivity index (χ0v) is 23.8. The van der Waals surface area contributed by atoms with Crippen molar-refractivity contribution in [3.63, 3.8) is 0 Å². The fourth-order valence-electron chi connectivity index (χ4n) is 7.42. The Morgan fingerprint density at radius 3 is 1.59 bits per heavy atom. The van der Waals surface area contributed by atoms with Crippen LogP contribution in [0.5, 0.6) is 0 Å². The molecule has 2 heteroatoms. The number of benzene rings is 7. The topological polar surface area (TPSA) is 17.6 Å². The van der Waals surface area contributed by atoms with Crippen LogP contribution in [0.4, 0.5) is 0 Å². The molecule has 0 bridgehead atoms. The van der Waals surface area contributed by atoms with Crippen LogP contribution in [0.15, 0.2) is 156 Å². The maximum atomic E-state index is 6.25. The van der Waals surface area contributed by atoms with Gasteiger partial charge < -0.3 is 8.82 Å². The third kappa shape index (κ3) is 3.20. The SMILES string of the molecule is c1ccc2c(c1)oc1cc(-c3ccc4c(c3)c3cccc5c6ccccc6c6ccccc6c6ccccc6n4c53)ccc12. The van der Waals surface area contributed by atoms with Gasteiger partial charge in [-0.05, 0) is 69.1 Å². The summed E-state index contributed by atoms with van der Waals surface area (Å²) in [6.45, 7) is 0. The first kappa shape index (κ1) is 23.7. The summed E-state index contributed by atoms with van der Waals surface area (Å²) in [5.74, 6) is 0. The lowest BCUT2D eigenvalue weighted by atomic mass is 9.99. The second-order valence-electron chi connectivity index (χ2n) is 11.7. The minimum absolute atomic E-state index is 0.917. The van der Waals surface area contributed by atoms with Crippen molar-refractivity contribution in [2.24, 2.45) is 0 Å². The predicted octanol–water partition coefficient (Wildman–Crippen LogP) is 11.8. The highest BCUT2D eigenvalue weighted by molar-refractivity contribution is 6.25. The van der Waals surface area contributed by atoms with Crippen LogP contribution in [0.3, 0.4) is 0 Å². The van der Waals surface area contributed by atoms with Gasteiger partial charge in [-0.2, -0.15) is 0 Å². The van der Waals surface area contributed by atoms with E-state index in [1.54, 1.807) is 0 Å². The zero-order valence-electron chi connectivity index (χ0n) is 23.8. The number of aromatic nitrogens is 1. The molecule has 7 aromatic carbocycles. The van der Waals surface area contributed by atoms with Crippen molar-refractivity contribution >= 4 is 81.6 Å². The number of furan rings is 1. The fraction of sp³-hybridized carbons (Fsp3) is 0. The lowest BCUT2D eigenvalue weighted by Gasteiger charge is -2.05. The second-order valence-corrected chi connectivity index (χ2v) is 11.7. The predicted molar refractivity (Wildman–Crippen MR) is 186 cm³/mol. The maximum absolute atomic E-state index is 6.25. The molecule has 2 nitrogen and oxygen atoms in total. The standard InChI is InChI=1S/C42H25NO/c1-3-12-30-28(10-1)29-11-2-4-13-31(29)35-16-9-17-36-37-24-26(21-23-39(37)43(42(35)36)38-18-7-5-14-32(30)38)27-20-22-34-33-15-6-8-19-40(33)44-41(34)25-27/h1-25H. The van der Waals surface area contributed by atoms with E-state index in [0.29, 0.717) is 0 Å². The van der Waals surface area contributed by atoms with Gasteiger partial charge in [-0.15, -0.1) is 0 Å². The second kappa shape index (κ2) is 8.82. The van der Waals surface area contributed by atoms with Gasteiger partial charge >= 0.3 is 0 Å². The Labute approximate surface area is 252 Å². The van der Waals surface area contributed by atoms with Crippen molar-refractivity contribution in [1.82, 2.24) is 4.40 Å². The molecule has 0 saturated carbocycles. The molecule has 10 aromatic rings. The quantitative estimate of drug-likeness (QED) is 0.196. The average Bonchev–Trinajstić information content (AvgIpc) is 3.64. The normalized spacial score (nSPS) is 12.1. The number of rotatable bonds is 1. The van der Waals surface area contributed by atoms with Gasteiger partial charge in [-0.25, -0.2) is 0 Å². The van der Waals surface area contributed by atoms with E-state index >= 15 is 0 Å². The van der Waals surface area contributed by atoms with Crippen LogP contribution in [0.2, 0.25) is 0 Å². The Morgan fingerprint density at radius 1 is 0.318 bits per heavy atom. The Bertz CT molecular complexity index is 2830. The fourth-order valence-corrected chi connectivity index (χ4v) is 7.42. The zero-order chi connectivity index (χ0) is 28.8. The molecule has 0 radical (unpaired) electrons. The number of hydrogen-bond donors (Lipinski definition) is 0. The minimum Gasteiger partial charge on any atom is -0.456 e. The number of fused-ring (bicyclic) bond motifs is 13. The van der Waals surface area contributed by atoms with E-state index in [9.17, 15) is 0 Å². The molecule has 0 aliphatic heterocycles. The van der Waals surface area contributed by atoms with Gasteiger partial charge in [0.1, 0.15) is 11.2 Å². The van der Waals surface area contributed by atoms with Gasteiger partial charge in [0, 0.05) is 32.3 Å². The third-order valence-corrected chi connectivity index (χ3v) is 9.37. The lowest BCUT2D eigenvalue weighted by molar-refractivity contribution is 0.669. The highest BCUT2D eigenvalue weighted by Crippen LogP contribution is 2.40. The first-order valence-electron chi connectivity index (χ1n) is 15.1. The first-order valence-corrected chi connectivity index (χ1v) is 15.1. The maximum Gasteiger partial charge on any atom is 0.136 e. The molecule has 10 rings (SSSR count). The molecule has 204 valence electrons. The van der Waals surface area contributed by atoms with E-state index < -0.39 is 0 Å². The largest absolute Gasteiger partial charge is 0.456 e. The van der Waals surface area contributed by atoms with E-state index in [0.717, 1.165) is 27.5 Å². The molecule has 0 atom stereocenters.